The number of carboxylic acid groups (broad SMARTS) is 1. The maximum atomic E-state index is 10.5. The van der Waals surface area contributed by atoms with Crippen molar-refractivity contribution >= 4 is 28.9 Å². The van der Waals surface area contributed by atoms with Crippen LogP contribution in [0.3, 0.4) is 0 Å². The molecule has 7 heteroatoms. The Morgan fingerprint density at radius 2 is 2.27 bits per heavy atom. The molecule has 0 amide bonds. The lowest BCUT2D eigenvalue weighted by Gasteiger charge is -2.13. The van der Waals surface area contributed by atoms with Crippen LogP contribution in [0.5, 0.6) is 0 Å². The van der Waals surface area contributed by atoms with Crippen molar-refractivity contribution < 1.29 is 20.1 Å². The topological polar surface area (TPSA) is 90.7 Å². The van der Waals surface area contributed by atoms with Gasteiger partial charge in [-0.25, -0.2) is 9.78 Å². The molecule has 1 aromatic heterocycles. The van der Waals surface area contributed by atoms with E-state index in [1.807, 2.05) is 0 Å². The van der Waals surface area contributed by atoms with Gasteiger partial charge in [-0.3, -0.25) is 0 Å². The van der Waals surface area contributed by atoms with Gasteiger partial charge in [0, 0.05) is 11.3 Å². The van der Waals surface area contributed by atoms with Gasteiger partial charge in [0.15, 0.2) is 5.69 Å². The van der Waals surface area contributed by atoms with E-state index in [4.69, 9.17) is 16.7 Å². The highest BCUT2D eigenvalue weighted by atomic mass is 35.5. The lowest BCUT2D eigenvalue weighted by molar-refractivity contribution is 0.0167. The summed E-state index contributed by atoms with van der Waals surface area (Å²) in [4.78, 5) is 14.2. The number of hydrogen-bond donors (Lipinski definition) is 3. The molecule has 0 aliphatic heterocycles. The van der Waals surface area contributed by atoms with Crippen molar-refractivity contribution in [2.75, 3.05) is 5.88 Å². The minimum atomic E-state index is -1.18. The number of alkyl halides is 1. The minimum absolute atomic E-state index is 0.132. The zero-order valence-corrected chi connectivity index (χ0v) is 9.20. The normalized spacial score (nSPS) is 14.9. The Morgan fingerprint density at radius 3 is 2.73 bits per heavy atom. The lowest BCUT2D eigenvalue weighted by atomic mass is 10.1. The van der Waals surface area contributed by atoms with Crippen LogP contribution in [0.15, 0.2) is 5.38 Å². The average molecular weight is 252 g/mol. The van der Waals surface area contributed by atoms with Crippen molar-refractivity contribution in [2.24, 2.45) is 0 Å². The minimum Gasteiger partial charge on any atom is -0.476 e. The first-order valence-electron chi connectivity index (χ1n) is 4.17. The molecule has 0 aliphatic carbocycles. The summed E-state index contributed by atoms with van der Waals surface area (Å²) >= 11 is 6.40. The molecule has 2 unspecified atom stereocenters. The molecule has 0 bridgehead atoms. The largest absolute Gasteiger partial charge is 0.476 e. The average Bonchev–Trinajstić information content (AvgIpc) is 2.65. The van der Waals surface area contributed by atoms with E-state index in [2.05, 4.69) is 4.98 Å². The molecule has 0 radical (unpaired) electrons. The van der Waals surface area contributed by atoms with E-state index in [1.54, 1.807) is 0 Å². The van der Waals surface area contributed by atoms with Crippen LogP contribution in [0.1, 0.15) is 28.0 Å². The maximum Gasteiger partial charge on any atom is 0.355 e. The Bertz CT molecular complexity index is 343. The van der Waals surface area contributed by atoms with Gasteiger partial charge in [0.1, 0.15) is 11.1 Å². The van der Waals surface area contributed by atoms with Gasteiger partial charge in [0.2, 0.25) is 0 Å². The van der Waals surface area contributed by atoms with E-state index in [0.717, 1.165) is 11.3 Å². The first kappa shape index (κ1) is 12.4. The molecule has 1 aromatic rings. The quantitative estimate of drug-likeness (QED) is 0.676. The predicted molar refractivity (Wildman–Crippen MR) is 55.4 cm³/mol. The number of thiazole rings is 1. The fourth-order valence-electron chi connectivity index (χ4n) is 0.956. The fourth-order valence-corrected chi connectivity index (χ4v) is 2.01. The highest BCUT2D eigenvalue weighted by Gasteiger charge is 2.22. The second-order valence-electron chi connectivity index (χ2n) is 2.87. The first-order chi connectivity index (χ1) is 7.06. The summed E-state index contributed by atoms with van der Waals surface area (Å²) in [6.07, 6.45) is -1.97. The SMILES string of the molecule is O=C(O)c1csc(C(O)C(O)CCCl)n1. The summed E-state index contributed by atoms with van der Waals surface area (Å²) in [6, 6.07) is 0. The number of aliphatic hydroxyl groups is 2. The number of carboxylic acids is 1. The summed E-state index contributed by atoms with van der Waals surface area (Å²) in [5.74, 6) is -0.938. The number of aliphatic hydroxyl groups excluding tert-OH is 2. The van der Waals surface area contributed by atoms with Gasteiger partial charge in [-0.2, -0.15) is 0 Å². The van der Waals surface area contributed by atoms with Crippen LogP contribution < -0.4 is 0 Å². The molecule has 5 nitrogen and oxygen atoms in total. The number of hydrogen-bond acceptors (Lipinski definition) is 5. The van der Waals surface area contributed by atoms with Crippen molar-refractivity contribution in [2.45, 2.75) is 18.6 Å². The van der Waals surface area contributed by atoms with E-state index in [1.165, 1.54) is 5.38 Å². The number of aromatic nitrogens is 1. The molecular formula is C8H10ClNO4S. The monoisotopic (exact) mass is 251 g/mol. The van der Waals surface area contributed by atoms with Gasteiger partial charge < -0.3 is 15.3 Å². The van der Waals surface area contributed by atoms with Crippen molar-refractivity contribution in [1.82, 2.24) is 4.98 Å². The van der Waals surface area contributed by atoms with E-state index in [-0.39, 0.29) is 23.0 Å². The molecule has 84 valence electrons. The predicted octanol–water partition coefficient (Wildman–Crippen LogP) is 0.865. The Kier molecular flexibility index (Phi) is 4.46. The molecule has 1 heterocycles. The van der Waals surface area contributed by atoms with Gasteiger partial charge >= 0.3 is 5.97 Å². The molecule has 0 spiro atoms. The third kappa shape index (κ3) is 3.13. The highest BCUT2D eigenvalue weighted by molar-refractivity contribution is 7.09. The second-order valence-corrected chi connectivity index (χ2v) is 4.13. The molecule has 15 heavy (non-hydrogen) atoms. The van der Waals surface area contributed by atoms with Gasteiger partial charge in [0.25, 0.3) is 0 Å². The van der Waals surface area contributed by atoms with E-state index in [9.17, 15) is 15.0 Å². The Morgan fingerprint density at radius 1 is 1.60 bits per heavy atom. The smallest absolute Gasteiger partial charge is 0.355 e. The third-order valence-corrected chi connectivity index (χ3v) is 2.90. The van der Waals surface area contributed by atoms with Crippen molar-refractivity contribution in [3.05, 3.63) is 16.1 Å². The number of halogens is 1. The number of carbonyl (C=O) groups is 1. The molecule has 0 fully saturated rings. The number of aromatic carboxylic acids is 1. The summed E-state index contributed by atoms with van der Waals surface area (Å²) in [5, 5.41) is 29.1. The highest BCUT2D eigenvalue weighted by Crippen LogP contribution is 2.22. The van der Waals surface area contributed by atoms with E-state index < -0.39 is 18.2 Å². The van der Waals surface area contributed by atoms with Crippen molar-refractivity contribution in [3.8, 4) is 0 Å². The third-order valence-electron chi connectivity index (χ3n) is 1.76. The van der Waals surface area contributed by atoms with Gasteiger partial charge in [-0.1, -0.05) is 0 Å². The van der Waals surface area contributed by atoms with E-state index >= 15 is 0 Å². The number of rotatable bonds is 5. The number of nitrogens with zero attached hydrogens (tertiary/aromatic N) is 1. The molecule has 0 saturated carbocycles. The molecule has 0 aliphatic rings. The summed E-state index contributed by atoms with van der Waals surface area (Å²) in [5.41, 5.74) is -0.132. The van der Waals surface area contributed by atoms with Gasteiger partial charge in [-0.05, 0) is 6.42 Å². The van der Waals surface area contributed by atoms with Crippen LogP contribution in [0, 0.1) is 0 Å². The fraction of sp³-hybridized carbons (Fsp3) is 0.500. The van der Waals surface area contributed by atoms with Crippen LogP contribution in [-0.2, 0) is 0 Å². The van der Waals surface area contributed by atoms with Gasteiger partial charge in [0.05, 0.1) is 6.10 Å². The maximum absolute atomic E-state index is 10.5. The van der Waals surface area contributed by atoms with Crippen LogP contribution in [0.4, 0.5) is 0 Å². The summed E-state index contributed by atoms with van der Waals surface area (Å²) in [6.45, 7) is 0. The van der Waals surface area contributed by atoms with E-state index in [0.29, 0.717) is 0 Å². The molecular weight excluding hydrogens is 242 g/mol. The summed E-state index contributed by atoms with van der Waals surface area (Å²) < 4.78 is 0. The molecule has 2 atom stereocenters. The summed E-state index contributed by atoms with van der Waals surface area (Å²) in [7, 11) is 0. The Hall–Kier alpha value is -0.690. The second kappa shape index (κ2) is 5.41. The lowest BCUT2D eigenvalue weighted by Crippen LogP contribution is -2.18. The van der Waals surface area contributed by atoms with Crippen LogP contribution in [0.25, 0.3) is 0 Å². The molecule has 1 rings (SSSR count). The Labute approximate surface area is 95.0 Å². The molecule has 0 aromatic carbocycles. The molecule has 0 saturated heterocycles. The van der Waals surface area contributed by atoms with Crippen LogP contribution >= 0.6 is 22.9 Å². The van der Waals surface area contributed by atoms with Crippen LogP contribution in [-0.4, -0.2) is 38.3 Å². The van der Waals surface area contributed by atoms with Crippen molar-refractivity contribution in [3.63, 3.8) is 0 Å². The first-order valence-corrected chi connectivity index (χ1v) is 5.58. The molecule has 3 N–H and O–H groups in total. The zero-order chi connectivity index (χ0) is 11.4. The Balaban J connectivity index is 2.73. The van der Waals surface area contributed by atoms with Crippen LogP contribution in [0.2, 0.25) is 0 Å². The zero-order valence-electron chi connectivity index (χ0n) is 7.63. The standard InChI is InChI=1S/C8H10ClNO4S/c9-2-1-5(11)6(12)7-10-4(3-15-7)8(13)14/h3,5-6,11-12H,1-2H2,(H,13,14). The van der Waals surface area contributed by atoms with Gasteiger partial charge in [-0.15, -0.1) is 22.9 Å². The van der Waals surface area contributed by atoms with Crippen molar-refractivity contribution in [1.29, 1.82) is 0 Å².